The van der Waals surface area contributed by atoms with Crippen LogP contribution in [-0.4, -0.2) is 47.0 Å². The van der Waals surface area contributed by atoms with Gasteiger partial charge in [0.1, 0.15) is 17.7 Å². The van der Waals surface area contributed by atoms with Gasteiger partial charge in [-0.25, -0.2) is 4.79 Å². The maximum Gasteiger partial charge on any atom is 0.408 e. The maximum atomic E-state index is 14.1. The van der Waals surface area contributed by atoms with Crippen LogP contribution in [0.3, 0.4) is 0 Å². The predicted molar refractivity (Wildman–Crippen MR) is 146 cm³/mol. The third-order valence-corrected chi connectivity index (χ3v) is 5.82. The van der Waals surface area contributed by atoms with Crippen molar-refractivity contribution >= 4 is 17.9 Å². The first-order valence-corrected chi connectivity index (χ1v) is 13.3. The van der Waals surface area contributed by atoms with Gasteiger partial charge in [0.25, 0.3) is 0 Å². The van der Waals surface area contributed by atoms with Crippen molar-refractivity contribution in [1.82, 2.24) is 15.5 Å². The fourth-order valence-electron chi connectivity index (χ4n) is 4.01. The van der Waals surface area contributed by atoms with Crippen molar-refractivity contribution in [3.8, 4) is 0 Å². The van der Waals surface area contributed by atoms with E-state index in [2.05, 4.69) is 17.6 Å². The zero-order valence-electron chi connectivity index (χ0n) is 24.2. The average Bonchev–Trinajstić information content (AvgIpc) is 2.72. The highest BCUT2D eigenvalue weighted by molar-refractivity contribution is 5.92. The molecule has 0 bridgehead atoms. The maximum absolute atomic E-state index is 14.1. The second kappa shape index (κ2) is 14.2. The molecule has 0 saturated carbocycles. The van der Waals surface area contributed by atoms with Gasteiger partial charge in [0, 0.05) is 12.6 Å². The Kier molecular flexibility index (Phi) is 12.4. The topological polar surface area (TPSA) is 87.7 Å². The summed E-state index contributed by atoms with van der Waals surface area (Å²) in [4.78, 5) is 42.0. The van der Waals surface area contributed by atoms with Crippen LogP contribution in [0.15, 0.2) is 18.2 Å². The van der Waals surface area contributed by atoms with Crippen molar-refractivity contribution in [2.24, 2.45) is 5.92 Å². The summed E-state index contributed by atoms with van der Waals surface area (Å²) >= 11 is 0. The molecule has 0 aromatic heterocycles. The Balaban J connectivity index is 3.52. The van der Waals surface area contributed by atoms with Gasteiger partial charge in [-0.15, -0.1) is 0 Å². The summed E-state index contributed by atoms with van der Waals surface area (Å²) in [5.41, 5.74) is 2.26. The lowest BCUT2D eigenvalue weighted by Crippen LogP contribution is -2.54. The van der Waals surface area contributed by atoms with Gasteiger partial charge in [0.2, 0.25) is 11.8 Å². The van der Waals surface area contributed by atoms with Crippen molar-refractivity contribution in [1.29, 1.82) is 0 Å². The van der Waals surface area contributed by atoms with Crippen LogP contribution in [0.4, 0.5) is 4.79 Å². The molecule has 0 radical (unpaired) electrons. The molecule has 2 N–H and O–H groups in total. The van der Waals surface area contributed by atoms with Crippen LogP contribution >= 0.6 is 0 Å². The number of nitrogens with zero attached hydrogens (tertiary/aromatic N) is 1. The monoisotopic (exact) mass is 503 g/mol. The molecule has 1 aromatic carbocycles. The number of ether oxygens (including phenoxy) is 1. The van der Waals surface area contributed by atoms with Gasteiger partial charge < -0.3 is 20.3 Å². The predicted octanol–water partition coefficient (Wildman–Crippen LogP) is 5.83. The largest absolute Gasteiger partial charge is 0.444 e. The Morgan fingerprint density at radius 3 is 2.11 bits per heavy atom. The van der Waals surface area contributed by atoms with Crippen molar-refractivity contribution in [2.45, 2.75) is 119 Å². The number of carbonyl (C=O) groups is 3. The molecule has 0 aliphatic carbocycles. The highest BCUT2D eigenvalue weighted by Gasteiger charge is 2.36. The number of alkyl carbamates (subject to hydrolysis) is 1. The molecule has 3 amide bonds. The molecule has 1 rings (SSSR count). The Morgan fingerprint density at radius 1 is 0.972 bits per heavy atom. The Hall–Kier alpha value is -2.57. The van der Waals surface area contributed by atoms with E-state index in [4.69, 9.17) is 4.74 Å². The molecular weight excluding hydrogens is 454 g/mol. The second-order valence-corrected chi connectivity index (χ2v) is 11.5. The lowest BCUT2D eigenvalue weighted by atomic mass is 9.96. The number of rotatable bonds is 12. The van der Waals surface area contributed by atoms with Crippen LogP contribution in [0.2, 0.25) is 0 Å². The summed E-state index contributed by atoms with van der Waals surface area (Å²) in [6.45, 7) is 19.7. The first-order valence-electron chi connectivity index (χ1n) is 13.3. The van der Waals surface area contributed by atoms with E-state index in [0.29, 0.717) is 13.0 Å². The Bertz CT molecular complexity index is 874. The lowest BCUT2D eigenvalue weighted by molar-refractivity contribution is -0.143. The van der Waals surface area contributed by atoms with Gasteiger partial charge in [-0.1, -0.05) is 51.8 Å². The molecule has 2 unspecified atom stereocenters. The minimum atomic E-state index is -0.803. The Labute approximate surface area is 218 Å². The summed E-state index contributed by atoms with van der Waals surface area (Å²) in [6, 6.07) is 4.21. The number of hydrogen-bond donors (Lipinski definition) is 2. The molecule has 1 aromatic rings. The Morgan fingerprint density at radius 2 is 1.61 bits per heavy atom. The zero-order valence-corrected chi connectivity index (χ0v) is 24.2. The number of carbonyl (C=O) groups excluding carboxylic acids is 3. The summed E-state index contributed by atoms with van der Waals surface area (Å²) < 4.78 is 5.45. The number of hydrogen-bond acceptors (Lipinski definition) is 4. The molecule has 0 fully saturated rings. The van der Waals surface area contributed by atoms with E-state index in [1.165, 1.54) is 0 Å². The number of nitrogens with one attached hydrogen (secondary N) is 2. The van der Waals surface area contributed by atoms with Crippen molar-refractivity contribution in [2.75, 3.05) is 6.54 Å². The minimum absolute atomic E-state index is 0.0783. The van der Waals surface area contributed by atoms with E-state index >= 15 is 0 Å². The van der Waals surface area contributed by atoms with Crippen LogP contribution in [0.1, 0.15) is 104 Å². The van der Waals surface area contributed by atoms with E-state index in [9.17, 15) is 14.4 Å². The molecule has 2 atom stereocenters. The summed E-state index contributed by atoms with van der Waals surface area (Å²) in [5, 5.41) is 5.81. The average molecular weight is 504 g/mol. The standard InChI is InChI=1S/C29H49N3O4/c1-11-12-13-16-32(27(34)24(17-19(2)3)31-28(35)36-29(8,9)10)25(26(33)30-20(4)5)23-15-14-21(6)22(7)18-23/h14-15,18-20,24-25H,11-13,16-17H2,1-10H3,(H,30,33)(H,31,35). The molecule has 36 heavy (non-hydrogen) atoms. The molecule has 0 saturated heterocycles. The van der Waals surface area contributed by atoms with Gasteiger partial charge >= 0.3 is 6.09 Å². The van der Waals surface area contributed by atoms with E-state index in [-0.39, 0.29) is 23.8 Å². The molecule has 0 aliphatic rings. The third kappa shape index (κ3) is 10.6. The smallest absolute Gasteiger partial charge is 0.408 e. The quantitative estimate of drug-likeness (QED) is 0.352. The molecule has 0 spiro atoms. The van der Waals surface area contributed by atoms with E-state index in [1.54, 1.807) is 25.7 Å². The van der Waals surface area contributed by atoms with Gasteiger partial charge in [-0.3, -0.25) is 9.59 Å². The zero-order chi connectivity index (χ0) is 27.6. The van der Waals surface area contributed by atoms with Gasteiger partial charge in [0.05, 0.1) is 0 Å². The number of amides is 3. The molecule has 7 nitrogen and oxygen atoms in total. The van der Waals surface area contributed by atoms with E-state index in [1.807, 2.05) is 59.7 Å². The summed E-state index contributed by atoms with van der Waals surface area (Å²) in [7, 11) is 0. The van der Waals surface area contributed by atoms with Crippen LogP contribution in [-0.2, 0) is 14.3 Å². The SMILES string of the molecule is CCCCCN(C(=O)C(CC(C)C)NC(=O)OC(C)(C)C)C(C(=O)NC(C)C)c1ccc(C)c(C)c1. The molecular formula is C29H49N3O4. The fraction of sp³-hybridized carbons (Fsp3) is 0.690. The van der Waals surface area contributed by atoms with Crippen LogP contribution in [0, 0.1) is 19.8 Å². The van der Waals surface area contributed by atoms with Crippen LogP contribution < -0.4 is 10.6 Å². The normalized spacial score (nSPS) is 13.3. The van der Waals surface area contributed by atoms with Crippen molar-refractivity contribution in [3.63, 3.8) is 0 Å². The molecule has 0 aliphatic heterocycles. The first kappa shape index (κ1) is 31.5. The third-order valence-electron chi connectivity index (χ3n) is 5.82. The van der Waals surface area contributed by atoms with Gasteiger partial charge in [-0.2, -0.15) is 0 Å². The highest BCUT2D eigenvalue weighted by atomic mass is 16.6. The van der Waals surface area contributed by atoms with Crippen LogP contribution in [0.25, 0.3) is 0 Å². The minimum Gasteiger partial charge on any atom is -0.444 e. The number of unbranched alkanes of at least 4 members (excludes halogenated alkanes) is 2. The molecule has 0 heterocycles. The van der Waals surface area contributed by atoms with Gasteiger partial charge in [0.15, 0.2) is 0 Å². The summed E-state index contributed by atoms with van der Waals surface area (Å²) in [5.74, 6) is -0.345. The second-order valence-electron chi connectivity index (χ2n) is 11.5. The number of aryl methyl sites for hydroxylation is 2. The number of benzene rings is 1. The fourth-order valence-corrected chi connectivity index (χ4v) is 4.01. The molecule has 7 heteroatoms. The highest BCUT2D eigenvalue weighted by Crippen LogP contribution is 2.26. The molecule has 204 valence electrons. The van der Waals surface area contributed by atoms with Crippen LogP contribution in [0.5, 0.6) is 0 Å². The van der Waals surface area contributed by atoms with Crippen molar-refractivity contribution in [3.05, 3.63) is 34.9 Å². The lowest BCUT2D eigenvalue weighted by Gasteiger charge is -2.35. The van der Waals surface area contributed by atoms with E-state index in [0.717, 1.165) is 36.0 Å². The van der Waals surface area contributed by atoms with E-state index < -0.39 is 23.8 Å². The van der Waals surface area contributed by atoms with Gasteiger partial charge in [-0.05, 0) is 83.9 Å². The summed E-state index contributed by atoms with van der Waals surface area (Å²) in [6.07, 6.45) is 2.49. The first-order chi connectivity index (χ1) is 16.7. The van der Waals surface area contributed by atoms with Crippen molar-refractivity contribution < 1.29 is 19.1 Å².